The highest BCUT2D eigenvalue weighted by Gasteiger charge is 2.37. The fourth-order valence-electron chi connectivity index (χ4n) is 3.94. The smallest absolute Gasteiger partial charge is 0.408 e. The van der Waals surface area contributed by atoms with E-state index < -0.39 is 23.8 Å². The number of hydrogen-bond acceptors (Lipinski definition) is 4. The van der Waals surface area contributed by atoms with Gasteiger partial charge in [-0.25, -0.2) is 4.79 Å². The van der Waals surface area contributed by atoms with Crippen molar-refractivity contribution in [2.45, 2.75) is 72.2 Å². The van der Waals surface area contributed by atoms with E-state index in [4.69, 9.17) is 4.74 Å². The van der Waals surface area contributed by atoms with Crippen LogP contribution in [0.1, 0.15) is 70.7 Å². The van der Waals surface area contributed by atoms with Crippen molar-refractivity contribution in [2.24, 2.45) is 5.92 Å². The Kier molecular flexibility index (Phi) is 10.9. The Morgan fingerprint density at radius 2 is 1.73 bits per heavy atom. The molecule has 200 valence electrons. The first-order valence-corrected chi connectivity index (χ1v) is 12.8. The first-order chi connectivity index (χ1) is 17.5. The lowest BCUT2D eigenvalue weighted by Gasteiger charge is -2.35. The number of hydrogen-bond donors (Lipinski definition) is 2. The topological polar surface area (TPSA) is 87.7 Å². The maximum absolute atomic E-state index is 14.0. The van der Waals surface area contributed by atoms with E-state index in [9.17, 15) is 14.4 Å². The van der Waals surface area contributed by atoms with Crippen molar-refractivity contribution in [3.63, 3.8) is 0 Å². The average molecular weight is 508 g/mol. The molecule has 0 spiro atoms. The van der Waals surface area contributed by atoms with E-state index in [2.05, 4.69) is 17.2 Å². The quantitative estimate of drug-likeness (QED) is 0.422. The average Bonchev–Trinajstić information content (AvgIpc) is 2.85. The minimum absolute atomic E-state index is 0.230. The summed E-state index contributed by atoms with van der Waals surface area (Å²) in [7, 11) is 0. The molecule has 0 heterocycles. The van der Waals surface area contributed by atoms with Gasteiger partial charge in [0, 0.05) is 13.1 Å². The zero-order valence-corrected chi connectivity index (χ0v) is 22.9. The molecular weight excluding hydrogens is 466 g/mol. The van der Waals surface area contributed by atoms with Gasteiger partial charge in [0.2, 0.25) is 11.8 Å². The Bertz CT molecular complexity index is 1060. The summed E-state index contributed by atoms with van der Waals surface area (Å²) in [6.07, 6.45) is 1.66. The van der Waals surface area contributed by atoms with Gasteiger partial charge in [-0.1, -0.05) is 82.0 Å². The summed E-state index contributed by atoms with van der Waals surface area (Å²) in [4.78, 5) is 41.8. The predicted octanol–water partition coefficient (Wildman–Crippen LogP) is 5.48. The van der Waals surface area contributed by atoms with Crippen LogP contribution in [0.15, 0.2) is 61.2 Å². The molecule has 7 nitrogen and oxygen atoms in total. The van der Waals surface area contributed by atoms with Gasteiger partial charge in [-0.2, -0.15) is 0 Å². The number of benzene rings is 2. The number of rotatable bonds is 11. The van der Waals surface area contributed by atoms with E-state index in [1.54, 1.807) is 31.7 Å². The van der Waals surface area contributed by atoms with E-state index in [0.29, 0.717) is 25.1 Å². The predicted molar refractivity (Wildman–Crippen MR) is 148 cm³/mol. The number of nitrogens with zero attached hydrogens (tertiary/aromatic N) is 1. The zero-order valence-electron chi connectivity index (χ0n) is 22.9. The second-order valence-corrected chi connectivity index (χ2v) is 10.4. The van der Waals surface area contributed by atoms with Gasteiger partial charge >= 0.3 is 6.09 Å². The molecule has 0 aliphatic rings. The molecule has 2 aromatic carbocycles. The lowest BCUT2D eigenvalue weighted by atomic mass is 9.97. The van der Waals surface area contributed by atoms with Gasteiger partial charge in [0.05, 0.1) is 0 Å². The molecule has 7 heteroatoms. The van der Waals surface area contributed by atoms with Crippen LogP contribution in [0.3, 0.4) is 0 Å². The van der Waals surface area contributed by atoms with Crippen LogP contribution >= 0.6 is 0 Å². The molecular formula is C30H41N3O4. The number of amides is 3. The number of carbonyl (C=O) groups is 3. The van der Waals surface area contributed by atoms with Crippen LogP contribution in [0, 0.1) is 5.92 Å². The second kappa shape index (κ2) is 13.6. The van der Waals surface area contributed by atoms with Crippen LogP contribution in [0.2, 0.25) is 0 Å². The summed E-state index contributed by atoms with van der Waals surface area (Å²) >= 11 is 0. The van der Waals surface area contributed by atoms with Gasteiger partial charge < -0.3 is 20.3 Å². The maximum atomic E-state index is 14.0. The van der Waals surface area contributed by atoms with Gasteiger partial charge in [0.15, 0.2) is 0 Å². The monoisotopic (exact) mass is 507 g/mol. The summed E-state index contributed by atoms with van der Waals surface area (Å²) in [5.74, 6) is -0.870. The molecule has 2 atom stereocenters. The second-order valence-electron chi connectivity index (χ2n) is 10.4. The van der Waals surface area contributed by atoms with Crippen LogP contribution in [0.4, 0.5) is 4.79 Å². The highest BCUT2D eigenvalue weighted by atomic mass is 16.6. The molecule has 2 N–H and O–H groups in total. The molecule has 2 unspecified atom stereocenters. The summed E-state index contributed by atoms with van der Waals surface area (Å²) in [6.45, 7) is 15.5. The molecule has 2 aromatic rings. The highest BCUT2D eigenvalue weighted by Crippen LogP contribution is 2.25. The molecule has 0 fully saturated rings. The lowest BCUT2D eigenvalue weighted by Crippen LogP contribution is -2.55. The molecule has 0 aromatic heterocycles. The van der Waals surface area contributed by atoms with Gasteiger partial charge in [-0.3, -0.25) is 9.59 Å². The summed E-state index contributed by atoms with van der Waals surface area (Å²) in [5, 5.41) is 5.74. The van der Waals surface area contributed by atoms with Crippen molar-refractivity contribution < 1.29 is 19.1 Å². The van der Waals surface area contributed by atoms with Crippen LogP contribution in [-0.4, -0.2) is 41.0 Å². The minimum atomic E-state index is -0.891. The Morgan fingerprint density at radius 3 is 2.30 bits per heavy atom. The maximum Gasteiger partial charge on any atom is 0.408 e. The lowest BCUT2D eigenvalue weighted by molar-refractivity contribution is -0.143. The van der Waals surface area contributed by atoms with Crippen molar-refractivity contribution in [2.75, 3.05) is 6.54 Å². The van der Waals surface area contributed by atoms with Crippen molar-refractivity contribution in [3.8, 4) is 0 Å². The van der Waals surface area contributed by atoms with E-state index in [-0.39, 0.29) is 17.7 Å². The SMILES string of the molecule is C=Cc1cccc(C(C(=O)NCc2ccccc2)N(CCC)C(=O)C(NC(=O)OC(C)(C)C)C(C)C)c1. The molecule has 0 saturated heterocycles. The largest absolute Gasteiger partial charge is 0.444 e. The van der Waals surface area contributed by atoms with E-state index in [0.717, 1.165) is 11.1 Å². The fourth-order valence-corrected chi connectivity index (χ4v) is 3.94. The molecule has 0 saturated carbocycles. The molecule has 0 radical (unpaired) electrons. The van der Waals surface area contributed by atoms with Gasteiger partial charge in [0.1, 0.15) is 17.7 Å². The molecule has 2 rings (SSSR count). The van der Waals surface area contributed by atoms with E-state index in [1.165, 1.54) is 0 Å². The molecule has 0 aliphatic heterocycles. The Morgan fingerprint density at radius 1 is 1.05 bits per heavy atom. The van der Waals surface area contributed by atoms with Crippen molar-refractivity contribution >= 4 is 24.0 Å². The first-order valence-electron chi connectivity index (χ1n) is 12.8. The van der Waals surface area contributed by atoms with Gasteiger partial charge in [-0.05, 0) is 55.9 Å². The third kappa shape index (κ3) is 9.08. The molecule has 0 aliphatic carbocycles. The van der Waals surface area contributed by atoms with Crippen LogP contribution in [0.25, 0.3) is 6.08 Å². The third-order valence-electron chi connectivity index (χ3n) is 5.68. The number of nitrogens with one attached hydrogen (secondary N) is 2. The third-order valence-corrected chi connectivity index (χ3v) is 5.68. The van der Waals surface area contributed by atoms with Crippen molar-refractivity contribution in [1.29, 1.82) is 0 Å². The fraction of sp³-hybridized carbons (Fsp3) is 0.433. The molecule has 37 heavy (non-hydrogen) atoms. The Hall–Kier alpha value is -3.61. The van der Waals surface area contributed by atoms with Gasteiger partial charge in [0.25, 0.3) is 0 Å². The van der Waals surface area contributed by atoms with Crippen LogP contribution < -0.4 is 10.6 Å². The zero-order chi connectivity index (χ0) is 27.6. The van der Waals surface area contributed by atoms with E-state index in [1.807, 2.05) is 75.4 Å². The summed E-state index contributed by atoms with van der Waals surface area (Å²) < 4.78 is 5.41. The van der Waals surface area contributed by atoms with Gasteiger partial charge in [-0.15, -0.1) is 0 Å². The summed E-state index contributed by atoms with van der Waals surface area (Å²) in [6, 6.07) is 15.3. The number of alkyl carbamates (subject to hydrolysis) is 1. The van der Waals surface area contributed by atoms with Crippen LogP contribution in [0.5, 0.6) is 0 Å². The van der Waals surface area contributed by atoms with E-state index >= 15 is 0 Å². The van der Waals surface area contributed by atoms with Crippen LogP contribution in [-0.2, 0) is 20.9 Å². The minimum Gasteiger partial charge on any atom is -0.444 e. The molecule has 0 bridgehead atoms. The highest BCUT2D eigenvalue weighted by molar-refractivity contribution is 5.92. The number of ether oxygens (including phenoxy) is 1. The molecule has 3 amide bonds. The van der Waals surface area contributed by atoms with Crippen molar-refractivity contribution in [1.82, 2.24) is 15.5 Å². The summed E-state index contributed by atoms with van der Waals surface area (Å²) in [5.41, 5.74) is 1.76. The van der Waals surface area contributed by atoms with Crippen molar-refractivity contribution in [3.05, 3.63) is 77.9 Å². The normalized spacial score (nSPS) is 12.8. The Labute approximate surface area is 221 Å². The first kappa shape index (κ1) is 29.6. The number of carbonyl (C=O) groups excluding carboxylic acids is 3. The standard InChI is InChI=1S/C30H41N3O4/c1-8-18-33(28(35)25(21(3)4)32-29(36)37-30(5,6)7)26(24-17-13-16-22(9-2)19-24)27(34)31-20-23-14-11-10-12-15-23/h9-17,19,21,25-26H,2,8,18,20H2,1,3-7H3,(H,31,34)(H,32,36). The Balaban J connectivity index is 2.44.